The van der Waals surface area contributed by atoms with Gasteiger partial charge in [0.05, 0.1) is 19.0 Å². The summed E-state index contributed by atoms with van der Waals surface area (Å²) in [6, 6.07) is 0. The lowest BCUT2D eigenvalue weighted by Gasteiger charge is -2.12. The lowest BCUT2D eigenvalue weighted by Crippen LogP contribution is -2.33. The molecule has 1 fully saturated rings. The zero-order valence-electron chi connectivity index (χ0n) is 10.9. The molecule has 0 aromatic heterocycles. The first-order chi connectivity index (χ1) is 8.47. The largest absolute Gasteiger partial charge is 0.389 e. The standard InChI is InChI=1S/C11H24N2O4S/c1-18(15,16)13-6-2-5-12-7-11(14)9-17-8-10-3-4-10/h10-14H,2-9H2,1H3. The summed E-state index contributed by atoms with van der Waals surface area (Å²) in [4.78, 5) is 0. The van der Waals surface area contributed by atoms with E-state index in [4.69, 9.17) is 4.74 Å². The van der Waals surface area contributed by atoms with Crippen LogP contribution in [0.1, 0.15) is 19.3 Å². The molecule has 6 nitrogen and oxygen atoms in total. The van der Waals surface area contributed by atoms with Gasteiger partial charge in [0, 0.05) is 19.7 Å². The Labute approximate surface area is 109 Å². The summed E-state index contributed by atoms with van der Waals surface area (Å²) in [6.07, 6.45) is 3.85. The van der Waals surface area contributed by atoms with Gasteiger partial charge in [-0.3, -0.25) is 0 Å². The van der Waals surface area contributed by atoms with Gasteiger partial charge < -0.3 is 15.2 Å². The van der Waals surface area contributed by atoms with E-state index in [2.05, 4.69) is 10.0 Å². The summed E-state index contributed by atoms with van der Waals surface area (Å²) in [7, 11) is -3.09. The predicted molar refractivity (Wildman–Crippen MR) is 69.9 cm³/mol. The summed E-state index contributed by atoms with van der Waals surface area (Å²) in [5.74, 6) is 0.715. The maximum Gasteiger partial charge on any atom is 0.208 e. The van der Waals surface area contributed by atoms with Crippen LogP contribution in [0.5, 0.6) is 0 Å². The average molecular weight is 280 g/mol. The number of hydrogen-bond donors (Lipinski definition) is 3. The highest BCUT2D eigenvalue weighted by Gasteiger charge is 2.21. The Hall–Kier alpha value is -0.210. The van der Waals surface area contributed by atoms with Gasteiger partial charge in [-0.15, -0.1) is 0 Å². The zero-order chi connectivity index (χ0) is 13.4. The molecule has 0 spiro atoms. The van der Waals surface area contributed by atoms with E-state index in [1.165, 1.54) is 12.8 Å². The van der Waals surface area contributed by atoms with E-state index in [0.717, 1.165) is 12.9 Å². The highest BCUT2D eigenvalue weighted by atomic mass is 32.2. The fourth-order valence-electron chi connectivity index (χ4n) is 1.45. The Bertz CT molecular complexity index is 317. The molecule has 1 rings (SSSR count). The number of sulfonamides is 1. The monoisotopic (exact) mass is 280 g/mol. The Morgan fingerprint density at radius 3 is 2.72 bits per heavy atom. The molecule has 3 N–H and O–H groups in total. The Kier molecular flexibility index (Phi) is 7.10. The van der Waals surface area contributed by atoms with Crippen molar-refractivity contribution in [2.24, 2.45) is 5.92 Å². The molecule has 108 valence electrons. The number of rotatable bonds is 11. The molecule has 0 saturated heterocycles. The second-order valence-corrected chi connectivity index (χ2v) is 6.69. The molecule has 0 amide bonds. The van der Waals surface area contributed by atoms with Crippen molar-refractivity contribution >= 4 is 10.0 Å². The summed E-state index contributed by atoms with van der Waals surface area (Å²) in [5.41, 5.74) is 0. The minimum Gasteiger partial charge on any atom is -0.389 e. The molecular weight excluding hydrogens is 256 g/mol. The van der Waals surface area contributed by atoms with Crippen LogP contribution in [0.3, 0.4) is 0 Å². The van der Waals surface area contributed by atoms with E-state index in [1.807, 2.05) is 0 Å². The van der Waals surface area contributed by atoms with Crippen molar-refractivity contribution in [1.29, 1.82) is 0 Å². The van der Waals surface area contributed by atoms with Crippen molar-refractivity contribution in [2.75, 3.05) is 39.1 Å². The fraction of sp³-hybridized carbons (Fsp3) is 1.00. The molecule has 0 aromatic carbocycles. The molecule has 0 heterocycles. The van der Waals surface area contributed by atoms with E-state index in [1.54, 1.807) is 0 Å². The molecule has 1 saturated carbocycles. The van der Waals surface area contributed by atoms with E-state index >= 15 is 0 Å². The van der Waals surface area contributed by atoms with Gasteiger partial charge in [0.1, 0.15) is 0 Å². The number of nitrogens with one attached hydrogen (secondary N) is 2. The lowest BCUT2D eigenvalue weighted by molar-refractivity contribution is 0.0326. The first-order valence-corrected chi connectivity index (χ1v) is 8.27. The minimum absolute atomic E-state index is 0.366. The van der Waals surface area contributed by atoms with Crippen LogP contribution in [0, 0.1) is 5.92 Å². The molecular formula is C11H24N2O4S. The van der Waals surface area contributed by atoms with Crippen molar-refractivity contribution in [1.82, 2.24) is 10.0 Å². The molecule has 7 heteroatoms. The van der Waals surface area contributed by atoms with Crippen molar-refractivity contribution in [3.63, 3.8) is 0 Å². The number of aliphatic hydroxyl groups excluding tert-OH is 1. The second kappa shape index (κ2) is 8.06. The zero-order valence-corrected chi connectivity index (χ0v) is 11.7. The third-order valence-electron chi connectivity index (χ3n) is 2.64. The van der Waals surface area contributed by atoms with Crippen LogP contribution in [-0.2, 0) is 14.8 Å². The van der Waals surface area contributed by atoms with Gasteiger partial charge >= 0.3 is 0 Å². The highest BCUT2D eigenvalue weighted by Crippen LogP contribution is 2.28. The number of ether oxygens (including phenoxy) is 1. The lowest BCUT2D eigenvalue weighted by atomic mass is 10.3. The molecule has 0 aromatic rings. The van der Waals surface area contributed by atoms with E-state index < -0.39 is 16.1 Å². The van der Waals surface area contributed by atoms with E-state index in [9.17, 15) is 13.5 Å². The molecule has 18 heavy (non-hydrogen) atoms. The van der Waals surface area contributed by atoms with Gasteiger partial charge in [0.25, 0.3) is 0 Å². The molecule has 1 atom stereocenters. The summed E-state index contributed by atoms with van der Waals surface area (Å²) >= 11 is 0. The normalized spacial score (nSPS) is 17.9. The first-order valence-electron chi connectivity index (χ1n) is 6.38. The summed E-state index contributed by atoms with van der Waals surface area (Å²) in [5, 5.41) is 12.6. The van der Waals surface area contributed by atoms with Gasteiger partial charge in [-0.25, -0.2) is 13.1 Å². The molecule has 1 aliphatic carbocycles. The highest BCUT2D eigenvalue weighted by molar-refractivity contribution is 7.88. The van der Waals surface area contributed by atoms with Crippen LogP contribution in [0.25, 0.3) is 0 Å². The number of aliphatic hydroxyl groups is 1. The van der Waals surface area contributed by atoms with E-state index in [-0.39, 0.29) is 0 Å². The summed E-state index contributed by atoms with van der Waals surface area (Å²) in [6.45, 7) is 2.69. The second-order valence-electron chi connectivity index (χ2n) is 4.86. The van der Waals surface area contributed by atoms with Gasteiger partial charge in [-0.05, 0) is 31.7 Å². The maximum absolute atomic E-state index is 10.8. The van der Waals surface area contributed by atoms with Crippen molar-refractivity contribution in [3.05, 3.63) is 0 Å². The molecule has 1 unspecified atom stereocenters. The minimum atomic E-state index is -3.09. The third-order valence-corrected chi connectivity index (χ3v) is 3.36. The van der Waals surface area contributed by atoms with Crippen LogP contribution >= 0.6 is 0 Å². The molecule has 0 aliphatic heterocycles. The van der Waals surface area contributed by atoms with Crippen molar-refractivity contribution in [3.8, 4) is 0 Å². The number of hydrogen-bond acceptors (Lipinski definition) is 5. The van der Waals surface area contributed by atoms with Crippen LogP contribution in [0.4, 0.5) is 0 Å². The van der Waals surface area contributed by atoms with Crippen LogP contribution < -0.4 is 10.0 Å². The predicted octanol–water partition coefficient (Wildman–Crippen LogP) is -0.697. The van der Waals surface area contributed by atoms with Crippen molar-refractivity contribution < 1.29 is 18.3 Å². The van der Waals surface area contributed by atoms with Gasteiger partial charge in [0.15, 0.2) is 0 Å². The van der Waals surface area contributed by atoms with Crippen molar-refractivity contribution in [2.45, 2.75) is 25.4 Å². The fourth-order valence-corrected chi connectivity index (χ4v) is 1.97. The van der Waals surface area contributed by atoms with Gasteiger partial charge in [0.2, 0.25) is 10.0 Å². The van der Waals surface area contributed by atoms with Gasteiger partial charge in [-0.1, -0.05) is 0 Å². The Balaban J connectivity index is 1.83. The van der Waals surface area contributed by atoms with Crippen LogP contribution in [0.2, 0.25) is 0 Å². The SMILES string of the molecule is CS(=O)(=O)NCCCNCC(O)COCC1CC1. The topological polar surface area (TPSA) is 87.7 Å². The Morgan fingerprint density at radius 2 is 2.11 bits per heavy atom. The quantitative estimate of drug-likeness (QED) is 0.436. The third kappa shape index (κ3) is 9.78. The average Bonchev–Trinajstić information content (AvgIpc) is 3.05. The Morgan fingerprint density at radius 1 is 1.39 bits per heavy atom. The van der Waals surface area contributed by atoms with Gasteiger partial charge in [-0.2, -0.15) is 0 Å². The first kappa shape index (κ1) is 15.8. The molecule has 0 bridgehead atoms. The smallest absolute Gasteiger partial charge is 0.208 e. The summed E-state index contributed by atoms with van der Waals surface area (Å²) < 4.78 is 29.3. The van der Waals surface area contributed by atoms with E-state index in [0.29, 0.717) is 38.6 Å². The molecule has 0 radical (unpaired) electrons. The van der Waals surface area contributed by atoms with Crippen LogP contribution in [0.15, 0.2) is 0 Å². The van der Waals surface area contributed by atoms with Crippen LogP contribution in [-0.4, -0.2) is 58.7 Å². The molecule has 1 aliphatic rings. The maximum atomic E-state index is 10.8.